The van der Waals surface area contributed by atoms with Gasteiger partial charge in [0.2, 0.25) is 0 Å². The van der Waals surface area contributed by atoms with Crippen molar-refractivity contribution in [3.8, 4) is 0 Å². The molecule has 0 heterocycles. The van der Waals surface area contributed by atoms with E-state index in [0.717, 1.165) is 18.9 Å². The molecule has 0 saturated heterocycles. The minimum Gasteiger partial charge on any atom is -0.480 e. The van der Waals surface area contributed by atoms with Crippen molar-refractivity contribution in [3.63, 3.8) is 0 Å². The number of carbonyl (C=O) groups is 1. The number of hydrogen-bond donors (Lipinski definition) is 2. The first-order chi connectivity index (χ1) is 5.70. The Morgan fingerprint density at radius 3 is 2.75 bits per heavy atom. The highest BCUT2D eigenvalue weighted by Crippen LogP contribution is 2.28. The van der Waals surface area contributed by atoms with Gasteiger partial charge in [0.1, 0.15) is 6.04 Å². The van der Waals surface area contributed by atoms with Gasteiger partial charge in [0.25, 0.3) is 0 Å². The monoisotopic (exact) mass is 171 g/mol. The van der Waals surface area contributed by atoms with Crippen LogP contribution in [0.15, 0.2) is 0 Å². The Kier molecular flexibility index (Phi) is 3.53. The molecule has 12 heavy (non-hydrogen) atoms. The standard InChI is InChI=1S/C9H17NO2/c1-7(9(11)12)10-6-5-8-3-2-4-8/h7-8,10H,2-6H2,1H3,(H,11,12). The number of aliphatic carboxylic acids is 1. The molecule has 2 N–H and O–H groups in total. The molecule has 1 saturated carbocycles. The lowest BCUT2D eigenvalue weighted by atomic mass is 9.83. The topological polar surface area (TPSA) is 49.3 Å². The van der Waals surface area contributed by atoms with Crippen LogP contribution in [0.1, 0.15) is 32.6 Å². The third-order valence-corrected chi connectivity index (χ3v) is 2.60. The van der Waals surface area contributed by atoms with Gasteiger partial charge in [-0.05, 0) is 25.8 Å². The predicted octanol–water partition coefficient (Wildman–Crippen LogP) is 1.24. The molecule has 1 aliphatic carbocycles. The maximum Gasteiger partial charge on any atom is 0.320 e. The fraction of sp³-hybridized carbons (Fsp3) is 0.889. The molecular weight excluding hydrogens is 154 g/mol. The predicted molar refractivity (Wildman–Crippen MR) is 47.1 cm³/mol. The molecule has 70 valence electrons. The lowest BCUT2D eigenvalue weighted by Crippen LogP contribution is -2.35. The van der Waals surface area contributed by atoms with Crippen LogP contribution >= 0.6 is 0 Å². The van der Waals surface area contributed by atoms with Crippen LogP contribution in [-0.2, 0) is 4.79 Å². The zero-order chi connectivity index (χ0) is 8.97. The normalized spacial score (nSPS) is 20.1. The van der Waals surface area contributed by atoms with Crippen LogP contribution in [0.2, 0.25) is 0 Å². The second kappa shape index (κ2) is 4.45. The highest BCUT2D eigenvalue weighted by Gasteiger charge is 2.17. The van der Waals surface area contributed by atoms with Gasteiger partial charge in [-0.3, -0.25) is 4.79 Å². The molecule has 1 rings (SSSR count). The molecule has 1 atom stereocenters. The quantitative estimate of drug-likeness (QED) is 0.654. The Morgan fingerprint density at radius 2 is 2.33 bits per heavy atom. The smallest absolute Gasteiger partial charge is 0.320 e. The van der Waals surface area contributed by atoms with Gasteiger partial charge in [-0.2, -0.15) is 0 Å². The van der Waals surface area contributed by atoms with Crippen molar-refractivity contribution in [2.45, 2.75) is 38.6 Å². The molecule has 1 unspecified atom stereocenters. The molecule has 3 heteroatoms. The largest absolute Gasteiger partial charge is 0.480 e. The van der Waals surface area contributed by atoms with Crippen LogP contribution in [0, 0.1) is 5.92 Å². The van der Waals surface area contributed by atoms with E-state index >= 15 is 0 Å². The van der Waals surface area contributed by atoms with Crippen molar-refractivity contribution in [2.24, 2.45) is 5.92 Å². The van der Waals surface area contributed by atoms with E-state index in [0.29, 0.717) is 0 Å². The summed E-state index contributed by atoms with van der Waals surface area (Å²) in [5, 5.41) is 11.5. The Hall–Kier alpha value is -0.570. The van der Waals surface area contributed by atoms with E-state index in [2.05, 4.69) is 5.32 Å². The molecule has 0 radical (unpaired) electrons. The first kappa shape index (κ1) is 9.52. The van der Waals surface area contributed by atoms with Crippen LogP contribution in [-0.4, -0.2) is 23.7 Å². The molecule has 1 aliphatic rings. The third-order valence-electron chi connectivity index (χ3n) is 2.60. The zero-order valence-electron chi connectivity index (χ0n) is 7.55. The third kappa shape index (κ3) is 2.81. The van der Waals surface area contributed by atoms with Gasteiger partial charge in [-0.15, -0.1) is 0 Å². The lowest BCUT2D eigenvalue weighted by molar-refractivity contribution is -0.139. The van der Waals surface area contributed by atoms with Crippen LogP contribution in [0.4, 0.5) is 0 Å². The SMILES string of the molecule is CC(NCCC1CCC1)C(=O)O. The van der Waals surface area contributed by atoms with Crippen molar-refractivity contribution >= 4 is 5.97 Å². The number of hydrogen-bond acceptors (Lipinski definition) is 2. The van der Waals surface area contributed by atoms with Crippen LogP contribution in [0.25, 0.3) is 0 Å². The van der Waals surface area contributed by atoms with Gasteiger partial charge in [0.05, 0.1) is 0 Å². The molecule has 0 spiro atoms. The summed E-state index contributed by atoms with van der Waals surface area (Å²) in [6.45, 7) is 2.53. The average Bonchev–Trinajstić information content (AvgIpc) is 1.93. The van der Waals surface area contributed by atoms with Gasteiger partial charge in [-0.25, -0.2) is 0 Å². The van der Waals surface area contributed by atoms with E-state index in [1.54, 1.807) is 6.92 Å². The molecule has 0 aromatic carbocycles. The fourth-order valence-corrected chi connectivity index (χ4v) is 1.37. The number of nitrogens with one attached hydrogen (secondary N) is 1. The number of rotatable bonds is 5. The summed E-state index contributed by atoms with van der Waals surface area (Å²) in [4.78, 5) is 10.4. The van der Waals surface area contributed by atoms with Crippen LogP contribution in [0.5, 0.6) is 0 Å². The summed E-state index contributed by atoms with van der Waals surface area (Å²) >= 11 is 0. The molecule has 3 nitrogen and oxygen atoms in total. The molecule has 0 bridgehead atoms. The molecule has 0 aromatic rings. The van der Waals surface area contributed by atoms with Crippen molar-refractivity contribution in [1.29, 1.82) is 0 Å². The number of carboxylic acid groups (broad SMARTS) is 1. The Morgan fingerprint density at radius 1 is 1.67 bits per heavy atom. The first-order valence-electron chi connectivity index (χ1n) is 4.66. The molecule has 1 fully saturated rings. The summed E-state index contributed by atoms with van der Waals surface area (Å²) < 4.78 is 0. The molecular formula is C9H17NO2. The highest BCUT2D eigenvalue weighted by molar-refractivity contribution is 5.72. The molecule has 0 aliphatic heterocycles. The summed E-state index contributed by atoms with van der Waals surface area (Å²) in [5.74, 6) is 0.0992. The summed E-state index contributed by atoms with van der Waals surface area (Å²) in [6, 6.07) is -0.398. The zero-order valence-corrected chi connectivity index (χ0v) is 7.55. The fourth-order valence-electron chi connectivity index (χ4n) is 1.37. The summed E-state index contributed by atoms with van der Waals surface area (Å²) in [7, 11) is 0. The second-order valence-electron chi connectivity index (χ2n) is 3.60. The van der Waals surface area contributed by atoms with E-state index < -0.39 is 12.0 Å². The van der Waals surface area contributed by atoms with Gasteiger partial charge in [-0.1, -0.05) is 19.3 Å². The van der Waals surface area contributed by atoms with Crippen molar-refractivity contribution < 1.29 is 9.90 Å². The highest BCUT2D eigenvalue weighted by atomic mass is 16.4. The van der Waals surface area contributed by atoms with E-state index in [1.165, 1.54) is 19.3 Å². The first-order valence-corrected chi connectivity index (χ1v) is 4.66. The maximum absolute atomic E-state index is 10.4. The van der Waals surface area contributed by atoms with Crippen LogP contribution in [0.3, 0.4) is 0 Å². The van der Waals surface area contributed by atoms with Gasteiger partial charge >= 0.3 is 5.97 Å². The van der Waals surface area contributed by atoms with Crippen molar-refractivity contribution in [2.75, 3.05) is 6.54 Å². The van der Waals surface area contributed by atoms with Crippen LogP contribution < -0.4 is 5.32 Å². The summed E-state index contributed by atoms with van der Waals surface area (Å²) in [6.07, 6.45) is 5.17. The van der Waals surface area contributed by atoms with Gasteiger partial charge < -0.3 is 10.4 Å². The van der Waals surface area contributed by atoms with Crippen molar-refractivity contribution in [1.82, 2.24) is 5.32 Å². The minimum atomic E-state index is -0.761. The van der Waals surface area contributed by atoms with E-state index in [-0.39, 0.29) is 0 Å². The maximum atomic E-state index is 10.4. The lowest BCUT2D eigenvalue weighted by Gasteiger charge is -2.25. The Bertz CT molecular complexity index is 155. The van der Waals surface area contributed by atoms with Gasteiger partial charge in [0.15, 0.2) is 0 Å². The van der Waals surface area contributed by atoms with E-state index in [9.17, 15) is 4.79 Å². The Labute approximate surface area is 73.2 Å². The second-order valence-corrected chi connectivity index (χ2v) is 3.60. The van der Waals surface area contributed by atoms with Gasteiger partial charge in [0, 0.05) is 0 Å². The number of carboxylic acids is 1. The Balaban J connectivity index is 1.97. The molecule has 0 amide bonds. The minimum absolute atomic E-state index is 0.398. The van der Waals surface area contributed by atoms with E-state index in [1.807, 2.05) is 0 Å². The molecule has 0 aromatic heterocycles. The van der Waals surface area contributed by atoms with E-state index in [4.69, 9.17) is 5.11 Å². The van der Waals surface area contributed by atoms with Crippen molar-refractivity contribution in [3.05, 3.63) is 0 Å². The summed E-state index contributed by atoms with van der Waals surface area (Å²) in [5.41, 5.74) is 0. The average molecular weight is 171 g/mol.